The minimum atomic E-state index is -0.996. The zero-order valence-corrected chi connectivity index (χ0v) is 8.47. The number of furan rings is 1. The zero-order valence-electron chi connectivity index (χ0n) is 8.47. The van der Waals surface area contributed by atoms with Crippen molar-refractivity contribution in [3.63, 3.8) is 0 Å². The predicted octanol–water partition coefficient (Wildman–Crippen LogP) is 1.66. The fourth-order valence-electron chi connectivity index (χ4n) is 1.51. The summed E-state index contributed by atoms with van der Waals surface area (Å²) in [5.74, 6) is -0.639. The number of hydrogen-bond donors (Lipinski definition) is 1. The molecule has 2 aromatic heterocycles. The Morgan fingerprint density at radius 2 is 2.47 bits per heavy atom. The number of carbonyl (C=O) groups excluding carboxylic acids is 2. The Kier molecular flexibility index (Phi) is 2.04. The topological polar surface area (TPSA) is 90.8 Å². The third-order valence-corrected chi connectivity index (χ3v) is 2.26. The Labute approximate surface area is 95.7 Å². The molecular formula is C10H9NO6. The molecule has 1 aliphatic heterocycles. The van der Waals surface area contributed by atoms with E-state index in [1.54, 1.807) is 6.07 Å². The maximum absolute atomic E-state index is 11.6. The number of nitrogens with one attached hydrogen (secondary N) is 1. The average molecular weight is 239 g/mol. The first-order valence-corrected chi connectivity index (χ1v) is 4.83. The highest BCUT2D eigenvalue weighted by molar-refractivity contribution is 5.93. The van der Waals surface area contributed by atoms with Crippen molar-refractivity contribution in [3.8, 4) is 0 Å². The summed E-state index contributed by atoms with van der Waals surface area (Å²) in [4.78, 5) is 25.1. The summed E-state index contributed by atoms with van der Waals surface area (Å²) >= 11 is 0. The van der Waals surface area contributed by atoms with Gasteiger partial charge in [0.25, 0.3) is 6.29 Å². The third-order valence-electron chi connectivity index (χ3n) is 2.26. The van der Waals surface area contributed by atoms with Gasteiger partial charge < -0.3 is 23.6 Å². The lowest BCUT2D eigenvalue weighted by atomic mass is 10.4. The molecule has 1 atom stereocenters. The van der Waals surface area contributed by atoms with E-state index < -0.39 is 18.4 Å². The van der Waals surface area contributed by atoms with Crippen LogP contribution >= 0.6 is 0 Å². The van der Waals surface area contributed by atoms with Crippen LogP contribution in [0.4, 0.5) is 4.79 Å². The second-order valence-electron chi connectivity index (χ2n) is 3.40. The van der Waals surface area contributed by atoms with E-state index in [4.69, 9.17) is 9.15 Å². The van der Waals surface area contributed by atoms with Crippen molar-refractivity contribution in [2.75, 3.05) is 6.61 Å². The van der Waals surface area contributed by atoms with Crippen LogP contribution in [0.1, 0.15) is 11.9 Å². The Bertz CT molecular complexity index is 559. The molecule has 1 unspecified atom stereocenters. The number of fused-ring (bicyclic) bond motifs is 1. The number of aromatic nitrogens is 1. The summed E-state index contributed by atoms with van der Waals surface area (Å²) in [6.07, 6.45) is -0.337. The molecule has 0 spiro atoms. The molecule has 3 heterocycles. The van der Waals surface area contributed by atoms with Gasteiger partial charge in [0, 0.05) is 13.6 Å². The summed E-state index contributed by atoms with van der Waals surface area (Å²) in [5, 5.41) is 0. The van der Waals surface area contributed by atoms with Crippen LogP contribution in [0.2, 0.25) is 0 Å². The van der Waals surface area contributed by atoms with Crippen molar-refractivity contribution in [2.24, 2.45) is 0 Å². The van der Waals surface area contributed by atoms with E-state index >= 15 is 0 Å². The van der Waals surface area contributed by atoms with Gasteiger partial charge in [-0.3, -0.25) is 0 Å². The lowest BCUT2D eigenvalue weighted by Crippen LogP contribution is -2.20. The van der Waals surface area contributed by atoms with Gasteiger partial charge in [-0.25, -0.2) is 9.59 Å². The van der Waals surface area contributed by atoms with Crippen molar-refractivity contribution in [2.45, 2.75) is 6.29 Å². The normalized spacial score (nSPS) is 19.1. The Morgan fingerprint density at radius 1 is 1.59 bits per heavy atom. The highest BCUT2D eigenvalue weighted by Crippen LogP contribution is 2.18. The van der Waals surface area contributed by atoms with E-state index in [0.717, 1.165) is 0 Å². The lowest BCUT2D eigenvalue weighted by Gasteiger charge is -2.06. The molecule has 90 valence electrons. The zero-order chi connectivity index (χ0) is 11.8. The molecule has 7 nitrogen and oxygen atoms in total. The number of cyclic esters (lactones) is 2. The molecule has 1 aliphatic rings. The molecule has 7 heteroatoms. The number of rotatable bonds is 2. The monoisotopic (exact) mass is 239 g/mol. The molecule has 1 N–H and O–H groups in total. The molecule has 0 aliphatic carbocycles. The van der Waals surface area contributed by atoms with Gasteiger partial charge in [0.15, 0.2) is 12.2 Å². The SMILES string of the molecule is O=C1OCC(OC(=O)c2cc3occc3[nH]2)O1.[HH]. The van der Waals surface area contributed by atoms with Gasteiger partial charge in [-0.05, 0) is 0 Å². The van der Waals surface area contributed by atoms with Crippen LogP contribution in [-0.2, 0) is 14.2 Å². The van der Waals surface area contributed by atoms with Crippen LogP contribution in [0.5, 0.6) is 0 Å². The first-order valence-electron chi connectivity index (χ1n) is 4.83. The van der Waals surface area contributed by atoms with E-state index in [2.05, 4.69) is 14.5 Å². The maximum atomic E-state index is 11.6. The van der Waals surface area contributed by atoms with Crippen molar-refractivity contribution < 1.29 is 29.6 Å². The third kappa shape index (κ3) is 1.71. The number of aromatic amines is 1. The molecule has 0 bridgehead atoms. The van der Waals surface area contributed by atoms with E-state index in [-0.39, 0.29) is 13.7 Å². The molecular weight excluding hydrogens is 230 g/mol. The molecule has 17 heavy (non-hydrogen) atoms. The van der Waals surface area contributed by atoms with Crippen LogP contribution in [-0.4, -0.2) is 30.0 Å². The Hall–Kier alpha value is -2.44. The van der Waals surface area contributed by atoms with Gasteiger partial charge >= 0.3 is 12.1 Å². The van der Waals surface area contributed by atoms with Gasteiger partial charge in [-0.15, -0.1) is 0 Å². The highest BCUT2D eigenvalue weighted by atomic mass is 16.8. The van der Waals surface area contributed by atoms with Crippen LogP contribution in [0.25, 0.3) is 11.1 Å². The van der Waals surface area contributed by atoms with Gasteiger partial charge in [-0.2, -0.15) is 0 Å². The van der Waals surface area contributed by atoms with Crippen LogP contribution < -0.4 is 0 Å². The van der Waals surface area contributed by atoms with Gasteiger partial charge in [0.2, 0.25) is 0 Å². The molecule has 0 amide bonds. The fraction of sp³-hybridized carbons (Fsp3) is 0.200. The van der Waals surface area contributed by atoms with E-state index in [1.165, 1.54) is 12.3 Å². The number of H-pyrrole nitrogens is 1. The van der Waals surface area contributed by atoms with Crippen LogP contribution in [0.3, 0.4) is 0 Å². The molecule has 0 radical (unpaired) electrons. The van der Waals surface area contributed by atoms with Crippen molar-refractivity contribution in [1.82, 2.24) is 4.98 Å². The molecule has 2 aromatic rings. The van der Waals surface area contributed by atoms with Crippen molar-refractivity contribution in [3.05, 3.63) is 24.1 Å². The standard InChI is InChI=1S/C10H7NO6.H2/c12-9(16-8-4-15-10(13)17-8)6-3-7-5(11-6)1-2-14-7;/h1-3,8,11H,4H2;1H. The molecule has 0 aromatic carbocycles. The minimum absolute atomic E-state index is 0. The lowest BCUT2D eigenvalue weighted by molar-refractivity contribution is -0.0467. The first-order chi connectivity index (χ1) is 8.22. The number of carbonyl (C=O) groups is 2. The summed E-state index contributed by atoms with van der Waals surface area (Å²) in [6.45, 7) is -0.0958. The summed E-state index contributed by atoms with van der Waals surface area (Å²) in [7, 11) is 0. The van der Waals surface area contributed by atoms with E-state index in [9.17, 15) is 9.59 Å². The Balaban J connectivity index is 0.00000120. The quantitative estimate of drug-likeness (QED) is 0.801. The smallest absolute Gasteiger partial charge is 0.463 e. The average Bonchev–Trinajstić information content (AvgIpc) is 2.92. The predicted molar refractivity (Wildman–Crippen MR) is 54.3 cm³/mol. The van der Waals surface area contributed by atoms with Crippen molar-refractivity contribution >= 4 is 23.2 Å². The second-order valence-corrected chi connectivity index (χ2v) is 3.40. The maximum Gasteiger partial charge on any atom is 0.511 e. The highest BCUT2D eigenvalue weighted by Gasteiger charge is 2.29. The van der Waals surface area contributed by atoms with E-state index in [0.29, 0.717) is 11.1 Å². The molecule has 1 saturated heterocycles. The van der Waals surface area contributed by atoms with E-state index in [1.807, 2.05) is 0 Å². The minimum Gasteiger partial charge on any atom is -0.463 e. The van der Waals surface area contributed by atoms with Gasteiger partial charge in [0.05, 0.1) is 11.8 Å². The largest absolute Gasteiger partial charge is 0.511 e. The summed E-state index contributed by atoms with van der Waals surface area (Å²) in [5.41, 5.74) is 1.47. The van der Waals surface area contributed by atoms with Crippen molar-refractivity contribution in [1.29, 1.82) is 0 Å². The number of ether oxygens (including phenoxy) is 3. The number of esters is 1. The molecule has 3 rings (SSSR count). The van der Waals surface area contributed by atoms with Gasteiger partial charge in [0.1, 0.15) is 5.69 Å². The summed E-state index contributed by atoms with van der Waals surface area (Å²) in [6, 6.07) is 3.19. The van der Waals surface area contributed by atoms with Crippen LogP contribution in [0, 0.1) is 0 Å². The second kappa shape index (κ2) is 3.55. The molecule has 0 saturated carbocycles. The molecule has 1 fully saturated rings. The Morgan fingerprint density at radius 3 is 3.18 bits per heavy atom. The fourth-order valence-corrected chi connectivity index (χ4v) is 1.51. The van der Waals surface area contributed by atoms with Gasteiger partial charge in [-0.1, -0.05) is 0 Å². The first kappa shape index (κ1) is 9.76. The number of hydrogen-bond acceptors (Lipinski definition) is 6. The summed E-state index contributed by atoms with van der Waals surface area (Å²) < 4.78 is 19.0. The van der Waals surface area contributed by atoms with Crippen LogP contribution in [0.15, 0.2) is 22.8 Å².